The van der Waals surface area contributed by atoms with E-state index in [0.29, 0.717) is 0 Å². The van der Waals surface area contributed by atoms with Crippen molar-refractivity contribution < 1.29 is 0 Å². The number of hydrogen-bond acceptors (Lipinski definition) is 0. The molecular weight excluding hydrogens is 886 g/mol. The smallest absolute Gasteiger partial charge is 0.0838 e. The van der Waals surface area contributed by atoms with E-state index in [-0.39, 0.29) is 48.7 Å². The summed E-state index contributed by atoms with van der Waals surface area (Å²) in [5.41, 5.74) is 31.3. The quantitative estimate of drug-likeness (QED) is 0.181. The molecule has 0 spiro atoms. The molecule has 0 nitrogen and oxygen atoms in total. The molecule has 368 valence electrons. The molecule has 0 saturated carbocycles. The van der Waals surface area contributed by atoms with Crippen LogP contribution in [0.1, 0.15) is 237 Å². The Bertz CT molecular complexity index is 2500. The van der Waals surface area contributed by atoms with Crippen LogP contribution < -0.4 is 15.9 Å². The summed E-state index contributed by atoms with van der Waals surface area (Å²) in [4.78, 5) is 0. The summed E-state index contributed by atoms with van der Waals surface area (Å²) >= 11 is 0. The van der Waals surface area contributed by atoms with Gasteiger partial charge in [-0.05, 0) is 145 Å². The highest BCUT2D eigenvalue weighted by Crippen LogP contribution is 2.46. The molecule has 0 fully saturated rings. The third-order valence-corrected chi connectivity index (χ3v) is 17.1. The molecule has 3 heteroatoms. The van der Waals surface area contributed by atoms with Crippen LogP contribution in [0, 0.1) is 70.5 Å². The maximum atomic E-state index is 6.50. The Hall–Kier alpha value is -3.69. The molecule has 0 aromatic heterocycles. The SMILES string of the molecule is C#CP(C#CC#CP(C#CC#CP(C#C)c1c(C(C)(C)C)cc(C(C)(C)C)cc1C(C)(C)C)c1c(C(C)(C)C)cc(C(C)(C)C)cc1C(C)(C)C)c1c(C(C)(C)C)cc(C(C)(C)C)cc1C(C)(C)C. The van der Waals surface area contributed by atoms with Crippen molar-refractivity contribution in [3.8, 4) is 70.5 Å². The van der Waals surface area contributed by atoms with Crippen molar-refractivity contribution in [3.05, 3.63) is 86.5 Å². The van der Waals surface area contributed by atoms with E-state index < -0.39 is 23.8 Å². The number of rotatable bonds is 3. The van der Waals surface area contributed by atoms with E-state index in [2.05, 4.69) is 281 Å². The largest absolute Gasteiger partial charge is 0.114 e. The molecule has 2 atom stereocenters. The third kappa shape index (κ3) is 15.2. The van der Waals surface area contributed by atoms with Gasteiger partial charge in [0.1, 0.15) is 0 Å². The summed E-state index contributed by atoms with van der Waals surface area (Å²) in [6.45, 7) is 61.8. The molecule has 0 saturated heterocycles. The molecule has 0 aliphatic rings. The maximum absolute atomic E-state index is 6.50. The Morgan fingerprint density at radius 2 is 0.420 bits per heavy atom. The van der Waals surface area contributed by atoms with Gasteiger partial charge in [0.2, 0.25) is 0 Å². The first kappa shape index (κ1) is 59.6. The van der Waals surface area contributed by atoms with Gasteiger partial charge in [0.25, 0.3) is 0 Å². The zero-order chi connectivity index (χ0) is 53.5. The molecule has 3 aromatic rings. The summed E-state index contributed by atoms with van der Waals surface area (Å²) in [5, 5.41) is 3.58. The van der Waals surface area contributed by atoms with Crippen LogP contribution in [0.3, 0.4) is 0 Å². The second-order valence-electron chi connectivity index (χ2n) is 28.2. The van der Waals surface area contributed by atoms with Crippen LogP contribution in [0.5, 0.6) is 0 Å². The molecule has 3 aromatic carbocycles. The van der Waals surface area contributed by atoms with E-state index >= 15 is 0 Å². The highest BCUT2D eigenvalue weighted by molar-refractivity contribution is 7.76. The molecular formula is C66H89P3. The minimum atomic E-state index is -1.40. The standard InChI is InChI=1S/C66H89P3/c1-30-67(55-49(61(12,13)14)40-46(58(3,4)5)41-50(55)62(15,16)17)36-32-34-38-69(57-53(65(24,25)26)44-48(60(9,10)11)45-54(57)66(27,28)29)39-35-33-37-68(31-2)56-51(63(18,19)20)42-47(59(6,7)8)43-52(56)64(21,22)23/h1-2,40-45H,3-29H3. The number of benzene rings is 3. The molecule has 0 bridgehead atoms. The fraction of sp³-hybridized carbons (Fsp3) is 0.545. The van der Waals surface area contributed by atoms with Crippen molar-refractivity contribution in [1.82, 2.24) is 0 Å². The van der Waals surface area contributed by atoms with Crippen LogP contribution >= 0.6 is 23.8 Å². The third-order valence-electron chi connectivity index (χ3n) is 12.5. The molecule has 0 aliphatic heterocycles. The van der Waals surface area contributed by atoms with Gasteiger partial charge in [0, 0.05) is 15.9 Å². The molecule has 0 N–H and O–H groups in total. The summed E-state index contributed by atoms with van der Waals surface area (Å²) in [6, 6.07) is 14.3. The minimum Gasteiger partial charge on any atom is -0.114 e. The molecule has 0 radical (unpaired) electrons. The topological polar surface area (TPSA) is 0 Å². The Labute approximate surface area is 430 Å². The van der Waals surface area contributed by atoms with Gasteiger partial charge < -0.3 is 0 Å². The van der Waals surface area contributed by atoms with E-state index in [1.165, 1.54) is 66.0 Å². The fourth-order valence-electron chi connectivity index (χ4n) is 8.14. The van der Waals surface area contributed by atoms with Crippen LogP contribution in [0.4, 0.5) is 0 Å². The van der Waals surface area contributed by atoms with Gasteiger partial charge in [-0.2, -0.15) is 0 Å². The molecule has 0 heterocycles. The molecule has 3 rings (SSSR count). The van der Waals surface area contributed by atoms with Crippen molar-refractivity contribution in [2.24, 2.45) is 0 Å². The van der Waals surface area contributed by atoms with Crippen LogP contribution in [-0.4, -0.2) is 0 Å². The van der Waals surface area contributed by atoms with Crippen LogP contribution in [0.25, 0.3) is 0 Å². The Kier molecular flexibility index (Phi) is 18.0. The van der Waals surface area contributed by atoms with Crippen molar-refractivity contribution in [1.29, 1.82) is 0 Å². The molecule has 0 amide bonds. The fourth-order valence-corrected chi connectivity index (χ4v) is 13.5. The first-order valence-electron chi connectivity index (χ1n) is 24.8. The average molecular weight is 975 g/mol. The normalized spacial score (nSPS) is 14.2. The summed E-state index contributed by atoms with van der Waals surface area (Å²) < 4.78 is 0. The zero-order valence-corrected chi connectivity index (χ0v) is 51.1. The van der Waals surface area contributed by atoms with Gasteiger partial charge in [-0.25, -0.2) is 0 Å². The van der Waals surface area contributed by atoms with Gasteiger partial charge in [0.05, 0.1) is 23.8 Å². The van der Waals surface area contributed by atoms with Gasteiger partial charge in [-0.15, -0.1) is 12.8 Å². The first-order chi connectivity index (χ1) is 30.9. The number of terminal acetylenes is 2. The lowest BCUT2D eigenvalue weighted by Gasteiger charge is -2.34. The maximum Gasteiger partial charge on any atom is 0.0838 e. The van der Waals surface area contributed by atoms with Gasteiger partial charge >= 0.3 is 0 Å². The molecule has 0 aliphatic carbocycles. The molecule has 2 unspecified atom stereocenters. The van der Waals surface area contributed by atoms with Crippen molar-refractivity contribution in [2.75, 3.05) is 0 Å². The van der Waals surface area contributed by atoms with Crippen LogP contribution in [0.15, 0.2) is 36.4 Å². The van der Waals surface area contributed by atoms with Crippen molar-refractivity contribution in [3.63, 3.8) is 0 Å². The highest BCUT2D eigenvalue weighted by Gasteiger charge is 2.35. The second kappa shape index (κ2) is 20.8. The first-order valence-corrected chi connectivity index (χ1v) is 28.8. The van der Waals surface area contributed by atoms with Crippen LogP contribution in [-0.2, 0) is 48.7 Å². The predicted molar refractivity (Wildman–Crippen MR) is 316 cm³/mol. The average Bonchev–Trinajstić information content (AvgIpc) is 3.15. The van der Waals surface area contributed by atoms with E-state index in [4.69, 9.17) is 12.8 Å². The Morgan fingerprint density at radius 1 is 0.261 bits per heavy atom. The van der Waals surface area contributed by atoms with Gasteiger partial charge in [0.15, 0.2) is 0 Å². The predicted octanol–water partition coefficient (Wildman–Crippen LogP) is 17.1. The Balaban J connectivity index is 2.53. The van der Waals surface area contributed by atoms with E-state index in [1.807, 2.05) is 0 Å². The van der Waals surface area contributed by atoms with Crippen molar-refractivity contribution >= 4 is 39.7 Å². The van der Waals surface area contributed by atoms with Gasteiger partial charge in [-0.1, -0.05) is 235 Å². The summed E-state index contributed by atoms with van der Waals surface area (Å²) in [6.07, 6.45) is 13.0. The minimum absolute atomic E-state index is 0.0226. The lowest BCUT2D eigenvalue weighted by Crippen LogP contribution is -2.31. The van der Waals surface area contributed by atoms with E-state index in [0.717, 1.165) is 0 Å². The molecule has 69 heavy (non-hydrogen) atoms. The highest BCUT2D eigenvalue weighted by atomic mass is 31.1. The summed E-state index contributed by atoms with van der Waals surface area (Å²) in [7, 11) is -4.01. The Morgan fingerprint density at radius 3 is 0.565 bits per heavy atom. The van der Waals surface area contributed by atoms with Crippen molar-refractivity contribution in [2.45, 2.75) is 236 Å². The van der Waals surface area contributed by atoms with E-state index in [9.17, 15) is 0 Å². The van der Waals surface area contributed by atoms with Crippen LogP contribution in [0.2, 0.25) is 0 Å². The number of hydrogen-bond donors (Lipinski definition) is 0. The zero-order valence-electron chi connectivity index (χ0n) is 48.5. The lowest BCUT2D eigenvalue weighted by molar-refractivity contribution is 0.553. The second-order valence-corrected chi connectivity index (χ2v) is 33.0. The van der Waals surface area contributed by atoms with E-state index in [1.54, 1.807) is 0 Å². The monoisotopic (exact) mass is 975 g/mol. The van der Waals surface area contributed by atoms with Gasteiger partial charge in [-0.3, -0.25) is 0 Å². The lowest BCUT2D eigenvalue weighted by atomic mass is 9.75. The summed E-state index contributed by atoms with van der Waals surface area (Å²) in [5.74, 6) is 13.5.